The smallest absolute Gasteiger partial charge is 0.317 e. The fourth-order valence-electron chi connectivity index (χ4n) is 2.89. The third-order valence-electron chi connectivity index (χ3n) is 4.70. The van der Waals surface area contributed by atoms with Crippen LogP contribution in [-0.4, -0.2) is 18.4 Å². The SMILES string of the molecule is CCOC(=O)C(Cc1ccc(C(F)(F)C(C)(C)C)cc1)C(=O)c1cccc(Cl)c1. The molecule has 0 aliphatic heterocycles. The summed E-state index contributed by atoms with van der Waals surface area (Å²) >= 11 is 5.95. The van der Waals surface area contributed by atoms with Crippen LogP contribution in [0.5, 0.6) is 0 Å². The van der Waals surface area contributed by atoms with Gasteiger partial charge in [0.15, 0.2) is 5.78 Å². The summed E-state index contributed by atoms with van der Waals surface area (Å²) in [6.45, 7) is 6.21. The molecule has 0 radical (unpaired) electrons. The van der Waals surface area contributed by atoms with E-state index in [2.05, 4.69) is 0 Å². The fraction of sp³-hybridized carbons (Fsp3) is 0.391. The number of carbonyl (C=O) groups is 2. The Morgan fingerprint density at radius 2 is 1.69 bits per heavy atom. The Kier molecular flexibility index (Phi) is 7.17. The summed E-state index contributed by atoms with van der Waals surface area (Å²) in [6.07, 6.45) is 0.0472. The molecular weight excluding hydrogens is 398 g/mol. The number of ketones is 1. The minimum absolute atomic E-state index is 0.0472. The van der Waals surface area contributed by atoms with E-state index in [1.807, 2.05) is 0 Å². The number of Topliss-reactive ketones (excluding diaryl/α,β-unsaturated/α-hetero) is 1. The lowest BCUT2D eigenvalue weighted by molar-refractivity contribution is -0.146. The highest BCUT2D eigenvalue weighted by Crippen LogP contribution is 2.44. The van der Waals surface area contributed by atoms with Crippen molar-refractivity contribution >= 4 is 23.4 Å². The zero-order chi connectivity index (χ0) is 21.8. The van der Waals surface area contributed by atoms with E-state index in [0.717, 1.165) is 0 Å². The van der Waals surface area contributed by atoms with Crippen LogP contribution < -0.4 is 0 Å². The second-order valence-corrected chi connectivity index (χ2v) is 8.34. The molecule has 0 amide bonds. The molecule has 0 N–H and O–H groups in total. The maximum atomic E-state index is 14.5. The number of ether oxygens (including phenoxy) is 1. The highest BCUT2D eigenvalue weighted by molar-refractivity contribution is 6.31. The van der Waals surface area contributed by atoms with Crippen LogP contribution in [0, 0.1) is 11.3 Å². The third kappa shape index (κ3) is 5.41. The number of rotatable bonds is 7. The van der Waals surface area contributed by atoms with Crippen LogP contribution in [0.1, 0.15) is 49.2 Å². The Balaban J connectivity index is 2.30. The Hall–Kier alpha value is -2.27. The van der Waals surface area contributed by atoms with Crippen LogP contribution in [0.25, 0.3) is 0 Å². The lowest BCUT2D eigenvalue weighted by atomic mass is 9.83. The van der Waals surface area contributed by atoms with Crippen LogP contribution in [0.2, 0.25) is 5.02 Å². The van der Waals surface area contributed by atoms with E-state index in [4.69, 9.17) is 16.3 Å². The minimum atomic E-state index is -3.01. The third-order valence-corrected chi connectivity index (χ3v) is 4.93. The molecule has 156 valence electrons. The molecule has 0 aliphatic carbocycles. The summed E-state index contributed by atoms with van der Waals surface area (Å²) in [4.78, 5) is 25.3. The first-order valence-corrected chi connectivity index (χ1v) is 9.78. The van der Waals surface area contributed by atoms with Crippen LogP contribution >= 0.6 is 11.6 Å². The molecule has 6 heteroatoms. The molecule has 0 aromatic heterocycles. The van der Waals surface area contributed by atoms with Gasteiger partial charge in [0, 0.05) is 21.6 Å². The van der Waals surface area contributed by atoms with Gasteiger partial charge in [0.25, 0.3) is 5.92 Å². The van der Waals surface area contributed by atoms with Gasteiger partial charge >= 0.3 is 5.97 Å². The Morgan fingerprint density at radius 3 is 2.21 bits per heavy atom. The highest BCUT2D eigenvalue weighted by atomic mass is 35.5. The lowest BCUT2D eigenvalue weighted by Gasteiger charge is -2.30. The molecule has 0 aliphatic rings. The maximum Gasteiger partial charge on any atom is 0.317 e. The van der Waals surface area contributed by atoms with Crippen molar-refractivity contribution < 1.29 is 23.1 Å². The van der Waals surface area contributed by atoms with Crippen molar-refractivity contribution in [1.82, 2.24) is 0 Å². The topological polar surface area (TPSA) is 43.4 Å². The van der Waals surface area contributed by atoms with Gasteiger partial charge < -0.3 is 4.74 Å². The van der Waals surface area contributed by atoms with Gasteiger partial charge in [-0.25, -0.2) is 8.78 Å². The fourth-order valence-corrected chi connectivity index (χ4v) is 3.08. The van der Waals surface area contributed by atoms with Gasteiger partial charge in [-0.05, 0) is 31.0 Å². The molecule has 3 nitrogen and oxygen atoms in total. The molecule has 0 bridgehead atoms. The Bertz CT molecular complexity index is 870. The van der Waals surface area contributed by atoms with Crippen molar-refractivity contribution in [2.45, 2.75) is 40.0 Å². The number of alkyl halides is 2. The van der Waals surface area contributed by atoms with Crippen molar-refractivity contribution in [2.24, 2.45) is 11.3 Å². The molecule has 0 heterocycles. The number of hydrogen-bond donors (Lipinski definition) is 0. The van der Waals surface area contributed by atoms with Crippen molar-refractivity contribution in [2.75, 3.05) is 6.61 Å². The zero-order valence-corrected chi connectivity index (χ0v) is 17.7. The molecule has 29 heavy (non-hydrogen) atoms. The van der Waals surface area contributed by atoms with Crippen LogP contribution in [0.15, 0.2) is 48.5 Å². The lowest BCUT2D eigenvalue weighted by Crippen LogP contribution is -2.31. The quantitative estimate of drug-likeness (QED) is 0.308. The summed E-state index contributed by atoms with van der Waals surface area (Å²) in [6, 6.07) is 12.0. The average Bonchev–Trinajstić information content (AvgIpc) is 2.65. The summed E-state index contributed by atoms with van der Waals surface area (Å²) in [5, 5.41) is 0.382. The molecular formula is C23H25ClF2O3. The molecule has 0 saturated carbocycles. The predicted octanol–water partition coefficient (Wildman–Crippen LogP) is 6.08. The first-order chi connectivity index (χ1) is 13.5. The standard InChI is InChI=1S/C23H25ClF2O3/c1-5-29-21(28)19(20(27)16-7-6-8-18(24)14-16)13-15-9-11-17(12-10-15)23(25,26)22(2,3)4/h6-12,14,19H,5,13H2,1-4H3. The van der Waals surface area contributed by atoms with Gasteiger partial charge in [0.2, 0.25) is 0 Å². The molecule has 2 aromatic rings. The Labute approximate surface area is 175 Å². The molecule has 2 aromatic carbocycles. The van der Waals surface area contributed by atoms with Crippen molar-refractivity contribution in [3.05, 3.63) is 70.2 Å². The summed E-state index contributed by atoms with van der Waals surface area (Å²) in [5.74, 6) is -5.16. The Morgan fingerprint density at radius 1 is 1.07 bits per heavy atom. The summed E-state index contributed by atoms with van der Waals surface area (Å²) < 4.78 is 34.1. The van der Waals surface area contributed by atoms with E-state index >= 15 is 0 Å². The van der Waals surface area contributed by atoms with Gasteiger partial charge in [-0.2, -0.15) is 0 Å². The second kappa shape index (κ2) is 9.04. The van der Waals surface area contributed by atoms with Crippen molar-refractivity contribution in [3.8, 4) is 0 Å². The first-order valence-electron chi connectivity index (χ1n) is 9.41. The molecule has 1 atom stereocenters. The number of halogens is 3. The molecule has 1 unspecified atom stereocenters. The van der Waals surface area contributed by atoms with Crippen LogP contribution in [0.3, 0.4) is 0 Å². The number of esters is 1. The zero-order valence-electron chi connectivity index (χ0n) is 17.0. The highest BCUT2D eigenvalue weighted by Gasteiger charge is 2.44. The van der Waals surface area contributed by atoms with E-state index in [1.54, 1.807) is 25.1 Å². The summed E-state index contributed by atoms with van der Waals surface area (Å²) in [7, 11) is 0. The second-order valence-electron chi connectivity index (χ2n) is 7.90. The van der Waals surface area contributed by atoms with Crippen molar-refractivity contribution in [1.29, 1.82) is 0 Å². The van der Waals surface area contributed by atoms with E-state index < -0.39 is 29.0 Å². The van der Waals surface area contributed by atoms with E-state index in [-0.39, 0.29) is 18.6 Å². The largest absolute Gasteiger partial charge is 0.465 e. The normalized spacial score (nSPS) is 13.1. The first kappa shape index (κ1) is 23.0. The van der Waals surface area contributed by atoms with E-state index in [9.17, 15) is 18.4 Å². The monoisotopic (exact) mass is 422 g/mol. The minimum Gasteiger partial charge on any atom is -0.465 e. The van der Waals surface area contributed by atoms with Crippen LogP contribution in [-0.2, 0) is 21.9 Å². The number of carbonyl (C=O) groups excluding carboxylic acids is 2. The van der Waals surface area contributed by atoms with Crippen molar-refractivity contribution in [3.63, 3.8) is 0 Å². The van der Waals surface area contributed by atoms with E-state index in [1.165, 1.54) is 51.1 Å². The van der Waals surface area contributed by atoms with Gasteiger partial charge in [-0.1, -0.05) is 68.8 Å². The molecule has 0 saturated heterocycles. The molecule has 0 spiro atoms. The van der Waals surface area contributed by atoms with E-state index in [0.29, 0.717) is 16.1 Å². The van der Waals surface area contributed by atoms with Gasteiger partial charge in [0.05, 0.1) is 6.61 Å². The predicted molar refractivity (Wildman–Crippen MR) is 109 cm³/mol. The molecule has 0 fully saturated rings. The maximum absolute atomic E-state index is 14.5. The summed E-state index contributed by atoms with van der Waals surface area (Å²) in [5.41, 5.74) is -0.453. The molecule has 2 rings (SSSR count). The van der Waals surface area contributed by atoms with Gasteiger partial charge in [-0.15, -0.1) is 0 Å². The van der Waals surface area contributed by atoms with Crippen LogP contribution in [0.4, 0.5) is 8.78 Å². The average molecular weight is 423 g/mol. The van der Waals surface area contributed by atoms with Gasteiger partial charge in [-0.3, -0.25) is 9.59 Å². The van der Waals surface area contributed by atoms with Gasteiger partial charge in [0.1, 0.15) is 5.92 Å². The number of hydrogen-bond acceptors (Lipinski definition) is 3. The number of benzene rings is 2.